The number of hydrogen-bond acceptors (Lipinski definition) is 6. The van der Waals surface area contributed by atoms with Crippen molar-refractivity contribution in [3.8, 4) is 34.0 Å². The third kappa shape index (κ3) is 4.06. The highest BCUT2D eigenvalue weighted by molar-refractivity contribution is 5.72. The van der Waals surface area contributed by atoms with E-state index in [1.807, 2.05) is 31.2 Å². The van der Waals surface area contributed by atoms with E-state index in [0.717, 1.165) is 54.2 Å². The zero-order valence-corrected chi connectivity index (χ0v) is 19.4. The number of carbonyl (C=O) groups excluding carboxylic acids is 1. The Balaban J connectivity index is 1.20. The molecule has 0 saturated heterocycles. The predicted octanol–water partition coefficient (Wildman–Crippen LogP) is 5.47. The molecular formula is C28H25FN4O2. The van der Waals surface area contributed by atoms with Crippen molar-refractivity contribution in [3.63, 3.8) is 0 Å². The van der Waals surface area contributed by atoms with Gasteiger partial charge in [0.25, 0.3) is 5.89 Å². The second-order valence-electron chi connectivity index (χ2n) is 9.54. The van der Waals surface area contributed by atoms with Gasteiger partial charge in [0.2, 0.25) is 5.82 Å². The van der Waals surface area contributed by atoms with Gasteiger partial charge in [0.1, 0.15) is 12.1 Å². The fraction of sp³-hybridized carbons (Fsp3) is 0.286. The Morgan fingerprint density at radius 1 is 1.09 bits per heavy atom. The molecule has 7 heteroatoms. The normalized spacial score (nSPS) is 20.9. The van der Waals surface area contributed by atoms with Crippen LogP contribution in [0.5, 0.6) is 0 Å². The van der Waals surface area contributed by atoms with E-state index in [9.17, 15) is 9.18 Å². The van der Waals surface area contributed by atoms with Crippen molar-refractivity contribution < 1.29 is 13.7 Å². The van der Waals surface area contributed by atoms with Gasteiger partial charge in [0.05, 0.1) is 6.20 Å². The van der Waals surface area contributed by atoms with Crippen LogP contribution in [-0.4, -0.2) is 27.5 Å². The summed E-state index contributed by atoms with van der Waals surface area (Å²) in [6, 6.07) is 14.5. The number of fused-ring (bicyclic) bond motifs is 1. The van der Waals surface area contributed by atoms with Crippen molar-refractivity contribution in [1.29, 1.82) is 0 Å². The number of aldehydes is 1. The molecule has 2 aliphatic rings. The molecule has 0 aliphatic heterocycles. The van der Waals surface area contributed by atoms with Crippen LogP contribution in [0.4, 0.5) is 4.39 Å². The lowest BCUT2D eigenvalue weighted by atomic mass is 9.81. The number of nitrogens with one attached hydrogen (secondary N) is 1. The van der Waals surface area contributed by atoms with Gasteiger partial charge in [-0.2, -0.15) is 4.98 Å². The number of carbonyl (C=O) groups is 1. The minimum absolute atomic E-state index is 0.222. The van der Waals surface area contributed by atoms with E-state index < -0.39 is 0 Å². The number of aryl methyl sites for hydroxylation is 2. The van der Waals surface area contributed by atoms with Crippen molar-refractivity contribution in [3.05, 3.63) is 77.4 Å². The van der Waals surface area contributed by atoms with Gasteiger partial charge in [-0.15, -0.1) is 0 Å². The smallest absolute Gasteiger partial charge is 0.258 e. The molecule has 176 valence electrons. The van der Waals surface area contributed by atoms with Gasteiger partial charge in [-0.1, -0.05) is 23.4 Å². The number of rotatable bonds is 6. The van der Waals surface area contributed by atoms with Crippen LogP contribution in [0.15, 0.2) is 59.4 Å². The maximum atomic E-state index is 14.2. The molecule has 1 fully saturated rings. The lowest BCUT2D eigenvalue weighted by Gasteiger charge is -2.35. The number of pyridine rings is 1. The molecule has 1 atom stereocenters. The summed E-state index contributed by atoms with van der Waals surface area (Å²) in [6.07, 6.45) is 7.82. The van der Waals surface area contributed by atoms with Gasteiger partial charge in [-0.25, -0.2) is 4.39 Å². The van der Waals surface area contributed by atoms with Gasteiger partial charge in [0, 0.05) is 40.9 Å². The highest BCUT2D eigenvalue weighted by atomic mass is 19.1. The average Bonchev–Trinajstić information content (AvgIpc) is 3.49. The first-order valence-electron chi connectivity index (χ1n) is 12.0. The molecule has 0 radical (unpaired) electrons. The van der Waals surface area contributed by atoms with Crippen molar-refractivity contribution in [2.45, 2.75) is 44.7 Å². The van der Waals surface area contributed by atoms with Crippen LogP contribution in [0.2, 0.25) is 0 Å². The van der Waals surface area contributed by atoms with Crippen LogP contribution in [0.3, 0.4) is 0 Å². The van der Waals surface area contributed by atoms with Gasteiger partial charge in [-0.05, 0) is 79.1 Å². The third-order valence-electron chi connectivity index (χ3n) is 7.24. The molecule has 1 saturated carbocycles. The van der Waals surface area contributed by atoms with Crippen LogP contribution >= 0.6 is 0 Å². The highest BCUT2D eigenvalue weighted by Gasteiger charge is 2.32. The number of nitrogens with zero attached hydrogens (tertiary/aromatic N) is 3. The fourth-order valence-corrected chi connectivity index (χ4v) is 5.27. The molecule has 4 aromatic rings. The maximum Gasteiger partial charge on any atom is 0.258 e. The van der Waals surface area contributed by atoms with Crippen molar-refractivity contribution in [2.75, 3.05) is 0 Å². The fourth-order valence-electron chi connectivity index (χ4n) is 5.27. The predicted molar refractivity (Wildman–Crippen MR) is 130 cm³/mol. The summed E-state index contributed by atoms with van der Waals surface area (Å²) < 4.78 is 19.8. The molecule has 6 rings (SSSR count). The standard InChI is InChI=1S/C28H25FN4O2/c1-16-10-20(3-5-22(16)24-8-9-30-14-25(24)29)28-32-27(33-35-28)19-2-6-23-18(13-19)4-7-26(23)31-21-11-17(12-21)15-34/h2-3,5-6,8-10,13-15,17,21,26,31H,4,7,11-12H2,1H3. The first kappa shape index (κ1) is 21.8. The van der Waals surface area contributed by atoms with Crippen LogP contribution in [0.25, 0.3) is 34.0 Å². The molecule has 0 amide bonds. The quantitative estimate of drug-likeness (QED) is 0.378. The molecule has 2 aliphatic carbocycles. The van der Waals surface area contributed by atoms with E-state index in [-0.39, 0.29) is 11.7 Å². The number of halogens is 1. The summed E-state index contributed by atoms with van der Waals surface area (Å²) in [5, 5.41) is 7.93. The molecule has 6 nitrogen and oxygen atoms in total. The van der Waals surface area contributed by atoms with Crippen molar-refractivity contribution in [2.24, 2.45) is 5.92 Å². The van der Waals surface area contributed by atoms with E-state index >= 15 is 0 Å². The van der Waals surface area contributed by atoms with Crippen LogP contribution in [-0.2, 0) is 11.2 Å². The van der Waals surface area contributed by atoms with Crippen molar-refractivity contribution >= 4 is 6.29 Å². The minimum Gasteiger partial charge on any atom is -0.334 e. The zero-order chi connectivity index (χ0) is 23.9. The van der Waals surface area contributed by atoms with Gasteiger partial charge in [-0.3, -0.25) is 4.98 Å². The Bertz CT molecular complexity index is 1410. The Morgan fingerprint density at radius 3 is 2.74 bits per heavy atom. The first-order chi connectivity index (χ1) is 17.1. The Morgan fingerprint density at radius 2 is 1.94 bits per heavy atom. The summed E-state index contributed by atoms with van der Waals surface area (Å²) >= 11 is 0. The Hall–Kier alpha value is -3.71. The number of benzene rings is 2. The largest absolute Gasteiger partial charge is 0.334 e. The monoisotopic (exact) mass is 468 g/mol. The van der Waals surface area contributed by atoms with Gasteiger partial charge < -0.3 is 14.6 Å². The van der Waals surface area contributed by atoms with E-state index in [4.69, 9.17) is 4.52 Å². The second-order valence-corrected chi connectivity index (χ2v) is 9.54. The van der Waals surface area contributed by atoms with Crippen molar-refractivity contribution in [1.82, 2.24) is 20.4 Å². The molecule has 1 N–H and O–H groups in total. The topological polar surface area (TPSA) is 80.9 Å². The molecular weight excluding hydrogens is 443 g/mol. The van der Waals surface area contributed by atoms with Crippen LogP contribution in [0.1, 0.15) is 42.0 Å². The highest BCUT2D eigenvalue weighted by Crippen LogP contribution is 2.37. The zero-order valence-electron chi connectivity index (χ0n) is 19.4. The first-order valence-corrected chi connectivity index (χ1v) is 12.0. The Kier molecular flexibility index (Phi) is 5.49. The van der Waals surface area contributed by atoms with Gasteiger partial charge in [0.15, 0.2) is 0 Å². The lowest BCUT2D eigenvalue weighted by Crippen LogP contribution is -2.43. The van der Waals surface area contributed by atoms with E-state index in [1.165, 1.54) is 17.3 Å². The molecule has 2 aromatic carbocycles. The molecule has 0 spiro atoms. The number of aromatic nitrogens is 3. The average molecular weight is 469 g/mol. The van der Waals surface area contributed by atoms with E-state index in [2.05, 4.69) is 32.6 Å². The summed E-state index contributed by atoms with van der Waals surface area (Å²) in [5.74, 6) is 0.851. The molecule has 0 bridgehead atoms. The lowest BCUT2D eigenvalue weighted by molar-refractivity contribution is -0.113. The van der Waals surface area contributed by atoms with E-state index in [0.29, 0.717) is 29.4 Å². The molecule has 1 unspecified atom stereocenters. The molecule has 35 heavy (non-hydrogen) atoms. The SMILES string of the molecule is Cc1cc(-c2nc(-c3ccc4c(c3)CCC4NC3CC(C=O)C3)no2)ccc1-c1ccncc1F. The van der Waals surface area contributed by atoms with Gasteiger partial charge >= 0.3 is 0 Å². The van der Waals surface area contributed by atoms with Crippen LogP contribution < -0.4 is 5.32 Å². The molecule has 2 heterocycles. The maximum absolute atomic E-state index is 14.2. The summed E-state index contributed by atoms with van der Waals surface area (Å²) in [5.41, 5.74) is 6.57. The summed E-state index contributed by atoms with van der Waals surface area (Å²) in [7, 11) is 0. The number of hydrogen-bond donors (Lipinski definition) is 1. The second kappa shape index (κ2) is 8.82. The summed E-state index contributed by atoms with van der Waals surface area (Å²) in [6.45, 7) is 1.93. The minimum atomic E-state index is -0.352. The van der Waals surface area contributed by atoms with Crippen LogP contribution in [0, 0.1) is 18.7 Å². The van der Waals surface area contributed by atoms with E-state index in [1.54, 1.807) is 12.3 Å². The summed E-state index contributed by atoms with van der Waals surface area (Å²) in [4.78, 5) is 19.3. The Labute approximate surface area is 202 Å². The third-order valence-corrected chi connectivity index (χ3v) is 7.24. The molecule has 2 aromatic heterocycles.